The third-order valence-corrected chi connectivity index (χ3v) is 5.79. The number of nitrogen functional groups attached to an aromatic ring is 1. The number of sulfonamides is 1. The monoisotopic (exact) mass is 364 g/mol. The molecule has 20 heavy (non-hydrogen) atoms. The zero-order chi connectivity index (χ0) is 14.8. The normalized spacial score (nSPS) is 16.7. The maximum absolute atomic E-state index is 13.3. The molecule has 0 bridgehead atoms. The maximum Gasteiger partial charge on any atom is 0.242 e. The molecule has 0 amide bonds. The van der Waals surface area contributed by atoms with E-state index in [2.05, 4.69) is 20.7 Å². The molecule has 0 atom stereocenters. The molecule has 0 heterocycles. The van der Waals surface area contributed by atoms with Crippen LogP contribution in [-0.4, -0.2) is 15.0 Å². The Morgan fingerprint density at radius 2 is 2.00 bits per heavy atom. The Balaban J connectivity index is 2.04. The van der Waals surface area contributed by atoms with Gasteiger partial charge in [-0.25, -0.2) is 17.5 Å². The lowest BCUT2D eigenvalue weighted by Gasteiger charge is -2.12. The summed E-state index contributed by atoms with van der Waals surface area (Å²) in [6.07, 6.45) is 5.64. The molecule has 4 nitrogen and oxygen atoms in total. The third-order valence-electron chi connectivity index (χ3n) is 3.66. The third kappa shape index (κ3) is 3.71. The largest absolute Gasteiger partial charge is 0.398 e. The number of hydrogen-bond acceptors (Lipinski definition) is 3. The number of nitrogens with one attached hydrogen (secondary N) is 1. The first-order valence-corrected chi connectivity index (χ1v) is 8.92. The number of rotatable bonds is 5. The van der Waals surface area contributed by atoms with Crippen LogP contribution in [0.4, 0.5) is 10.1 Å². The van der Waals surface area contributed by atoms with Crippen LogP contribution in [0.5, 0.6) is 0 Å². The molecule has 1 aliphatic carbocycles. The SMILES string of the molecule is Nc1cc(F)c(Br)cc1S(=O)(=O)NCCC1CCCC1. The predicted molar refractivity (Wildman–Crippen MR) is 80.3 cm³/mol. The van der Waals surface area contributed by atoms with Crippen molar-refractivity contribution in [3.05, 3.63) is 22.4 Å². The summed E-state index contributed by atoms with van der Waals surface area (Å²) in [5, 5.41) is 0. The second kappa shape index (κ2) is 6.41. The molecule has 0 unspecified atom stereocenters. The number of anilines is 1. The molecule has 0 aromatic heterocycles. The summed E-state index contributed by atoms with van der Waals surface area (Å²) in [7, 11) is -3.69. The summed E-state index contributed by atoms with van der Waals surface area (Å²) in [4.78, 5) is -0.0859. The molecule has 0 saturated heterocycles. The van der Waals surface area contributed by atoms with Crippen molar-refractivity contribution >= 4 is 31.6 Å². The summed E-state index contributed by atoms with van der Waals surface area (Å²) < 4.78 is 40.2. The van der Waals surface area contributed by atoms with Crippen LogP contribution in [0.15, 0.2) is 21.5 Å². The van der Waals surface area contributed by atoms with Crippen molar-refractivity contribution in [2.75, 3.05) is 12.3 Å². The first kappa shape index (κ1) is 15.7. The molecule has 1 fully saturated rings. The average molecular weight is 365 g/mol. The van der Waals surface area contributed by atoms with Gasteiger partial charge in [0, 0.05) is 6.54 Å². The van der Waals surface area contributed by atoms with Crippen molar-refractivity contribution in [1.82, 2.24) is 4.72 Å². The smallest absolute Gasteiger partial charge is 0.242 e. The topological polar surface area (TPSA) is 72.2 Å². The van der Waals surface area contributed by atoms with E-state index in [-0.39, 0.29) is 15.1 Å². The molecule has 1 saturated carbocycles. The van der Waals surface area contributed by atoms with Gasteiger partial charge in [0.25, 0.3) is 0 Å². The molecule has 7 heteroatoms. The van der Waals surface area contributed by atoms with Crippen LogP contribution in [0.3, 0.4) is 0 Å². The van der Waals surface area contributed by atoms with Crippen LogP contribution in [0.25, 0.3) is 0 Å². The van der Waals surface area contributed by atoms with E-state index >= 15 is 0 Å². The Bertz CT molecular complexity index is 586. The fourth-order valence-electron chi connectivity index (χ4n) is 2.55. The fraction of sp³-hybridized carbons (Fsp3) is 0.538. The lowest BCUT2D eigenvalue weighted by atomic mass is 10.1. The Hall–Kier alpha value is -0.660. The molecule has 1 aromatic carbocycles. The van der Waals surface area contributed by atoms with E-state index in [1.165, 1.54) is 31.7 Å². The first-order chi connectivity index (χ1) is 9.40. The molecule has 112 valence electrons. The van der Waals surface area contributed by atoms with E-state index < -0.39 is 15.8 Å². The van der Waals surface area contributed by atoms with E-state index in [0.717, 1.165) is 12.5 Å². The van der Waals surface area contributed by atoms with Crippen LogP contribution in [0, 0.1) is 11.7 Å². The van der Waals surface area contributed by atoms with Gasteiger partial charge in [-0.2, -0.15) is 0 Å². The highest BCUT2D eigenvalue weighted by Crippen LogP contribution is 2.28. The Morgan fingerprint density at radius 3 is 2.65 bits per heavy atom. The standard InChI is InChI=1S/C13H18BrFN2O2S/c14-10-7-13(12(16)8-11(10)15)20(18,19)17-6-5-9-3-1-2-4-9/h7-9,17H,1-6,16H2. The van der Waals surface area contributed by atoms with Crippen molar-refractivity contribution in [1.29, 1.82) is 0 Å². The Kier molecular flexibility index (Phi) is 5.04. The van der Waals surface area contributed by atoms with Crippen LogP contribution < -0.4 is 10.5 Å². The van der Waals surface area contributed by atoms with Crippen LogP contribution in [0.2, 0.25) is 0 Å². The summed E-state index contributed by atoms with van der Waals surface area (Å²) in [5.41, 5.74) is 5.51. The lowest BCUT2D eigenvalue weighted by molar-refractivity contribution is 0.495. The van der Waals surface area contributed by atoms with Gasteiger partial charge in [0.1, 0.15) is 10.7 Å². The van der Waals surface area contributed by atoms with Gasteiger partial charge < -0.3 is 5.73 Å². The molecular formula is C13H18BrFN2O2S. The van der Waals surface area contributed by atoms with E-state index in [4.69, 9.17) is 5.73 Å². The van der Waals surface area contributed by atoms with Crippen molar-refractivity contribution in [2.45, 2.75) is 37.0 Å². The van der Waals surface area contributed by atoms with Crippen LogP contribution >= 0.6 is 15.9 Å². The predicted octanol–water partition coefficient (Wildman–Crippen LogP) is 3.03. The van der Waals surface area contributed by atoms with E-state index in [9.17, 15) is 12.8 Å². The molecule has 3 N–H and O–H groups in total. The van der Waals surface area contributed by atoms with Gasteiger partial charge in [0.2, 0.25) is 10.0 Å². The molecular weight excluding hydrogens is 347 g/mol. The number of halogens is 2. The van der Waals surface area contributed by atoms with E-state index in [1.807, 2.05) is 0 Å². The fourth-order valence-corrected chi connectivity index (χ4v) is 4.23. The maximum atomic E-state index is 13.3. The highest BCUT2D eigenvalue weighted by atomic mass is 79.9. The Labute approximate surface area is 127 Å². The van der Waals surface area contributed by atoms with Crippen molar-refractivity contribution in [3.8, 4) is 0 Å². The highest BCUT2D eigenvalue weighted by Gasteiger charge is 2.21. The quantitative estimate of drug-likeness (QED) is 0.788. The molecule has 1 aliphatic rings. The van der Waals surface area contributed by atoms with Gasteiger partial charge in [-0.1, -0.05) is 25.7 Å². The summed E-state index contributed by atoms with van der Waals surface area (Å²) in [6.45, 7) is 0.390. The molecule has 0 aliphatic heterocycles. The second-order valence-corrected chi connectivity index (χ2v) is 7.73. The molecule has 0 spiro atoms. The second-order valence-electron chi connectivity index (χ2n) is 5.14. The number of hydrogen-bond donors (Lipinski definition) is 2. The van der Waals surface area contributed by atoms with Crippen molar-refractivity contribution in [3.63, 3.8) is 0 Å². The van der Waals surface area contributed by atoms with Gasteiger partial charge in [-0.3, -0.25) is 0 Å². The zero-order valence-corrected chi connectivity index (χ0v) is 13.4. The number of benzene rings is 1. The van der Waals surface area contributed by atoms with Crippen LogP contribution in [-0.2, 0) is 10.0 Å². The Morgan fingerprint density at radius 1 is 1.35 bits per heavy atom. The minimum atomic E-state index is -3.69. The summed E-state index contributed by atoms with van der Waals surface area (Å²) in [5.74, 6) is 0.0300. The van der Waals surface area contributed by atoms with Gasteiger partial charge in [0.05, 0.1) is 10.2 Å². The van der Waals surface area contributed by atoms with Crippen LogP contribution in [0.1, 0.15) is 32.1 Å². The van der Waals surface area contributed by atoms with Crippen molar-refractivity contribution in [2.24, 2.45) is 5.92 Å². The number of nitrogens with two attached hydrogens (primary N) is 1. The highest BCUT2D eigenvalue weighted by molar-refractivity contribution is 9.10. The average Bonchev–Trinajstić information content (AvgIpc) is 2.86. The minimum Gasteiger partial charge on any atom is -0.398 e. The van der Waals surface area contributed by atoms with Crippen molar-refractivity contribution < 1.29 is 12.8 Å². The molecule has 0 radical (unpaired) electrons. The van der Waals surface area contributed by atoms with Gasteiger partial charge in [-0.15, -0.1) is 0 Å². The summed E-state index contributed by atoms with van der Waals surface area (Å²) >= 11 is 2.97. The summed E-state index contributed by atoms with van der Waals surface area (Å²) in [6, 6.07) is 2.21. The minimum absolute atomic E-state index is 0.0842. The van der Waals surface area contributed by atoms with E-state index in [1.54, 1.807) is 0 Å². The first-order valence-electron chi connectivity index (χ1n) is 6.64. The zero-order valence-electron chi connectivity index (χ0n) is 11.0. The van der Waals surface area contributed by atoms with Gasteiger partial charge in [-0.05, 0) is 40.4 Å². The lowest BCUT2D eigenvalue weighted by Crippen LogP contribution is -2.26. The van der Waals surface area contributed by atoms with Gasteiger partial charge >= 0.3 is 0 Å². The van der Waals surface area contributed by atoms with Gasteiger partial charge in [0.15, 0.2) is 0 Å². The van der Waals surface area contributed by atoms with E-state index in [0.29, 0.717) is 12.5 Å². The molecule has 2 rings (SSSR count). The molecule has 1 aromatic rings.